The van der Waals surface area contributed by atoms with Crippen molar-refractivity contribution in [3.05, 3.63) is 44.8 Å². The molecule has 2 aromatic heterocycles. The van der Waals surface area contributed by atoms with Gasteiger partial charge in [0.15, 0.2) is 0 Å². The molecule has 2 rings (SSSR count). The van der Waals surface area contributed by atoms with Gasteiger partial charge in [-0.05, 0) is 13.0 Å². The van der Waals surface area contributed by atoms with Crippen LogP contribution in [0.4, 0.5) is 5.69 Å². The molecular weight excluding hydrogens is 210 g/mol. The Morgan fingerprint density at radius 2 is 2.33 bits per heavy atom. The number of rotatable bonds is 2. The zero-order valence-corrected chi connectivity index (χ0v) is 9.12. The third kappa shape index (κ3) is 1.92. The fourth-order valence-electron chi connectivity index (χ4n) is 1.36. The number of thiazole rings is 1. The second-order valence-electron chi connectivity index (χ2n) is 3.22. The van der Waals surface area contributed by atoms with E-state index < -0.39 is 0 Å². The number of nitrogens with two attached hydrogens (primary N) is 1. The molecule has 0 saturated heterocycles. The van der Waals surface area contributed by atoms with Crippen LogP contribution in [-0.4, -0.2) is 9.55 Å². The molecular formula is C10H11N3OS. The van der Waals surface area contributed by atoms with E-state index in [2.05, 4.69) is 4.98 Å². The predicted octanol–water partition coefficient (Wildman–Crippen LogP) is 1.24. The summed E-state index contributed by atoms with van der Waals surface area (Å²) in [7, 11) is 0. The first kappa shape index (κ1) is 9.92. The monoisotopic (exact) mass is 221 g/mol. The van der Waals surface area contributed by atoms with Gasteiger partial charge < -0.3 is 10.3 Å². The van der Waals surface area contributed by atoms with Gasteiger partial charge in [-0.25, -0.2) is 4.98 Å². The van der Waals surface area contributed by atoms with E-state index >= 15 is 0 Å². The summed E-state index contributed by atoms with van der Waals surface area (Å²) in [6.07, 6.45) is 1.73. The standard InChI is InChI=1S/C10H11N3OS/c1-7-8(11)2-3-10(14)13(7)6-9-12-4-5-15-9/h2-5H,6,11H2,1H3. The molecule has 4 nitrogen and oxygen atoms in total. The Labute approximate surface area is 91.0 Å². The summed E-state index contributed by atoms with van der Waals surface area (Å²) < 4.78 is 1.63. The molecule has 0 aliphatic rings. The lowest BCUT2D eigenvalue weighted by Crippen LogP contribution is -2.22. The minimum atomic E-state index is -0.0445. The Morgan fingerprint density at radius 1 is 1.53 bits per heavy atom. The van der Waals surface area contributed by atoms with Gasteiger partial charge in [-0.15, -0.1) is 11.3 Å². The van der Waals surface area contributed by atoms with Gasteiger partial charge in [0.05, 0.1) is 12.2 Å². The molecule has 0 atom stereocenters. The summed E-state index contributed by atoms with van der Waals surface area (Å²) in [5.41, 5.74) is 7.12. The van der Waals surface area contributed by atoms with Crippen LogP contribution in [0.1, 0.15) is 10.7 Å². The number of nitrogen functional groups attached to an aromatic ring is 1. The Hall–Kier alpha value is -1.62. The normalized spacial score (nSPS) is 10.5. The molecule has 0 unspecified atom stereocenters. The zero-order valence-electron chi connectivity index (χ0n) is 8.30. The third-order valence-electron chi connectivity index (χ3n) is 2.27. The Kier molecular flexibility index (Phi) is 2.55. The van der Waals surface area contributed by atoms with E-state index in [-0.39, 0.29) is 5.56 Å². The number of hydrogen-bond donors (Lipinski definition) is 1. The second kappa shape index (κ2) is 3.86. The van der Waals surface area contributed by atoms with Crippen LogP contribution in [0.2, 0.25) is 0 Å². The van der Waals surface area contributed by atoms with Crippen LogP contribution in [-0.2, 0) is 6.54 Å². The second-order valence-corrected chi connectivity index (χ2v) is 4.20. The van der Waals surface area contributed by atoms with Crippen LogP contribution in [0.25, 0.3) is 0 Å². The molecule has 2 aromatic rings. The molecule has 0 aromatic carbocycles. The van der Waals surface area contributed by atoms with E-state index in [9.17, 15) is 4.79 Å². The topological polar surface area (TPSA) is 60.9 Å². The molecule has 0 fully saturated rings. The van der Waals surface area contributed by atoms with Crippen LogP contribution >= 0.6 is 11.3 Å². The summed E-state index contributed by atoms with van der Waals surface area (Å²) in [5.74, 6) is 0. The van der Waals surface area contributed by atoms with Crippen molar-refractivity contribution in [2.24, 2.45) is 0 Å². The van der Waals surface area contributed by atoms with Crippen molar-refractivity contribution < 1.29 is 0 Å². The minimum Gasteiger partial charge on any atom is -0.397 e. The molecule has 0 spiro atoms. The fourth-order valence-corrected chi connectivity index (χ4v) is 1.96. The average molecular weight is 221 g/mol. The number of aromatic nitrogens is 2. The van der Waals surface area contributed by atoms with Crippen molar-refractivity contribution >= 4 is 17.0 Å². The molecule has 0 aliphatic heterocycles. The number of hydrogen-bond acceptors (Lipinski definition) is 4. The average Bonchev–Trinajstić information content (AvgIpc) is 2.71. The lowest BCUT2D eigenvalue weighted by molar-refractivity contribution is 0.728. The first-order valence-electron chi connectivity index (χ1n) is 4.53. The molecule has 78 valence electrons. The van der Waals surface area contributed by atoms with E-state index in [0.717, 1.165) is 10.7 Å². The van der Waals surface area contributed by atoms with Crippen molar-refractivity contribution in [1.82, 2.24) is 9.55 Å². The Balaban J connectivity index is 2.44. The van der Waals surface area contributed by atoms with Crippen LogP contribution in [0.15, 0.2) is 28.5 Å². The van der Waals surface area contributed by atoms with Crippen molar-refractivity contribution in [1.29, 1.82) is 0 Å². The highest BCUT2D eigenvalue weighted by atomic mass is 32.1. The predicted molar refractivity (Wildman–Crippen MR) is 61.1 cm³/mol. The van der Waals surface area contributed by atoms with Gasteiger partial charge in [-0.2, -0.15) is 0 Å². The quantitative estimate of drug-likeness (QED) is 0.830. The van der Waals surface area contributed by atoms with E-state index in [1.807, 2.05) is 12.3 Å². The number of pyridine rings is 1. The van der Waals surface area contributed by atoms with Crippen molar-refractivity contribution in [2.75, 3.05) is 5.73 Å². The Morgan fingerprint density at radius 3 is 3.00 bits per heavy atom. The largest absolute Gasteiger partial charge is 0.397 e. The smallest absolute Gasteiger partial charge is 0.251 e. The zero-order chi connectivity index (χ0) is 10.8. The maximum Gasteiger partial charge on any atom is 0.251 e. The molecule has 0 saturated carbocycles. The highest BCUT2D eigenvalue weighted by molar-refractivity contribution is 7.09. The minimum absolute atomic E-state index is 0.0445. The van der Waals surface area contributed by atoms with Gasteiger partial charge in [-0.3, -0.25) is 4.79 Å². The molecule has 2 N–H and O–H groups in total. The van der Waals surface area contributed by atoms with Gasteiger partial charge in [0.2, 0.25) is 0 Å². The van der Waals surface area contributed by atoms with Crippen LogP contribution in [0.3, 0.4) is 0 Å². The number of nitrogens with zero attached hydrogens (tertiary/aromatic N) is 2. The van der Waals surface area contributed by atoms with E-state index in [4.69, 9.17) is 5.73 Å². The molecule has 15 heavy (non-hydrogen) atoms. The van der Waals surface area contributed by atoms with E-state index in [1.165, 1.54) is 17.4 Å². The molecule has 2 heterocycles. The van der Waals surface area contributed by atoms with Crippen molar-refractivity contribution in [3.63, 3.8) is 0 Å². The first-order valence-corrected chi connectivity index (χ1v) is 5.41. The van der Waals surface area contributed by atoms with Gasteiger partial charge in [0.25, 0.3) is 5.56 Å². The lowest BCUT2D eigenvalue weighted by atomic mass is 10.3. The summed E-state index contributed by atoms with van der Waals surface area (Å²) >= 11 is 1.53. The van der Waals surface area contributed by atoms with Crippen LogP contribution in [0, 0.1) is 6.92 Å². The highest BCUT2D eigenvalue weighted by Crippen LogP contribution is 2.10. The van der Waals surface area contributed by atoms with Gasteiger partial charge in [0.1, 0.15) is 5.01 Å². The van der Waals surface area contributed by atoms with Crippen molar-refractivity contribution in [3.8, 4) is 0 Å². The third-order valence-corrected chi connectivity index (χ3v) is 3.04. The van der Waals surface area contributed by atoms with Crippen LogP contribution in [0.5, 0.6) is 0 Å². The lowest BCUT2D eigenvalue weighted by Gasteiger charge is -2.09. The van der Waals surface area contributed by atoms with E-state index in [1.54, 1.807) is 16.8 Å². The summed E-state index contributed by atoms with van der Waals surface area (Å²) in [6, 6.07) is 3.12. The highest BCUT2D eigenvalue weighted by Gasteiger charge is 2.05. The Bertz CT molecular complexity index is 516. The molecule has 5 heteroatoms. The van der Waals surface area contributed by atoms with Gasteiger partial charge in [0, 0.05) is 23.3 Å². The van der Waals surface area contributed by atoms with Crippen molar-refractivity contribution in [2.45, 2.75) is 13.5 Å². The molecule has 0 bridgehead atoms. The SMILES string of the molecule is Cc1c(N)ccc(=O)n1Cc1nccs1. The number of anilines is 1. The molecule has 0 aliphatic carbocycles. The maximum atomic E-state index is 11.6. The molecule has 0 amide bonds. The van der Waals surface area contributed by atoms with Crippen LogP contribution < -0.4 is 11.3 Å². The van der Waals surface area contributed by atoms with Gasteiger partial charge >= 0.3 is 0 Å². The van der Waals surface area contributed by atoms with Gasteiger partial charge in [-0.1, -0.05) is 0 Å². The fraction of sp³-hybridized carbons (Fsp3) is 0.200. The molecule has 0 radical (unpaired) electrons. The van der Waals surface area contributed by atoms with E-state index in [0.29, 0.717) is 12.2 Å². The summed E-state index contributed by atoms with van der Waals surface area (Å²) in [5, 5.41) is 2.80. The first-order chi connectivity index (χ1) is 7.18. The summed E-state index contributed by atoms with van der Waals surface area (Å²) in [4.78, 5) is 15.7. The summed E-state index contributed by atoms with van der Waals surface area (Å²) in [6.45, 7) is 2.33. The maximum absolute atomic E-state index is 11.6.